The SMILES string of the molecule is Cc1c(C#N)c2c(Cl)nc(Cl)nc2n1COCC[Si](C)(C)C. The van der Waals surface area contributed by atoms with Crippen LogP contribution in [-0.4, -0.2) is 29.2 Å². The van der Waals surface area contributed by atoms with E-state index in [1.165, 1.54) is 0 Å². The predicted octanol–water partition coefficient (Wildman–Crippen LogP) is 4.23. The second kappa shape index (κ2) is 6.55. The van der Waals surface area contributed by atoms with Gasteiger partial charge in [-0.2, -0.15) is 10.2 Å². The van der Waals surface area contributed by atoms with Crippen LogP contribution in [-0.2, 0) is 11.5 Å². The molecule has 0 saturated carbocycles. The molecule has 118 valence electrons. The highest BCUT2D eigenvalue weighted by Crippen LogP contribution is 2.30. The fourth-order valence-corrected chi connectivity index (χ4v) is 3.33. The van der Waals surface area contributed by atoms with Gasteiger partial charge in [0.05, 0.1) is 10.9 Å². The zero-order valence-electron chi connectivity index (χ0n) is 13.1. The number of aromatic nitrogens is 3. The van der Waals surface area contributed by atoms with Gasteiger partial charge in [0.15, 0.2) is 0 Å². The van der Waals surface area contributed by atoms with E-state index in [0.29, 0.717) is 29.9 Å². The fourth-order valence-electron chi connectivity index (χ4n) is 2.11. The third kappa shape index (κ3) is 3.61. The molecule has 0 N–H and O–H groups in total. The minimum Gasteiger partial charge on any atom is -0.361 e. The van der Waals surface area contributed by atoms with E-state index in [-0.39, 0.29) is 10.4 Å². The monoisotopic (exact) mass is 356 g/mol. The summed E-state index contributed by atoms with van der Waals surface area (Å²) in [7, 11) is -1.14. The Hall–Kier alpha value is -1.13. The lowest BCUT2D eigenvalue weighted by Gasteiger charge is -2.16. The van der Waals surface area contributed by atoms with Gasteiger partial charge >= 0.3 is 0 Å². The first-order valence-electron chi connectivity index (χ1n) is 6.94. The van der Waals surface area contributed by atoms with Crippen LogP contribution in [0.2, 0.25) is 36.1 Å². The topological polar surface area (TPSA) is 63.7 Å². The van der Waals surface area contributed by atoms with E-state index in [1.807, 2.05) is 11.5 Å². The summed E-state index contributed by atoms with van der Waals surface area (Å²) in [5.41, 5.74) is 1.75. The lowest BCUT2D eigenvalue weighted by Crippen LogP contribution is -2.22. The lowest BCUT2D eigenvalue weighted by atomic mass is 10.2. The summed E-state index contributed by atoms with van der Waals surface area (Å²) in [6.45, 7) is 9.74. The molecule has 22 heavy (non-hydrogen) atoms. The van der Waals surface area contributed by atoms with E-state index in [0.717, 1.165) is 11.7 Å². The van der Waals surface area contributed by atoms with Crippen molar-refractivity contribution in [1.29, 1.82) is 5.26 Å². The summed E-state index contributed by atoms with van der Waals surface area (Å²) < 4.78 is 7.58. The average Bonchev–Trinajstić information content (AvgIpc) is 2.66. The Morgan fingerprint density at radius 1 is 1.27 bits per heavy atom. The standard InChI is InChI=1S/C14H18Cl2N4OSi/c1-9-10(7-17)11-12(15)18-14(16)19-13(11)20(9)8-21-5-6-22(2,3)4/h5-6,8H2,1-4H3. The number of ether oxygens (including phenoxy) is 1. The van der Waals surface area contributed by atoms with E-state index in [1.54, 1.807) is 0 Å². The van der Waals surface area contributed by atoms with Crippen LogP contribution in [0.3, 0.4) is 0 Å². The molecule has 0 radical (unpaired) electrons. The molecular weight excluding hydrogens is 339 g/mol. The third-order valence-corrected chi connectivity index (χ3v) is 5.57. The van der Waals surface area contributed by atoms with Gasteiger partial charge in [-0.25, -0.2) is 4.98 Å². The van der Waals surface area contributed by atoms with Gasteiger partial charge in [-0.05, 0) is 24.6 Å². The zero-order valence-corrected chi connectivity index (χ0v) is 15.6. The molecule has 5 nitrogen and oxygen atoms in total. The van der Waals surface area contributed by atoms with Crippen LogP contribution >= 0.6 is 23.2 Å². The average molecular weight is 357 g/mol. The molecule has 0 unspecified atom stereocenters. The first-order valence-corrected chi connectivity index (χ1v) is 11.4. The Morgan fingerprint density at radius 3 is 2.55 bits per heavy atom. The molecule has 0 atom stereocenters. The quantitative estimate of drug-likeness (QED) is 0.348. The largest absolute Gasteiger partial charge is 0.361 e. The van der Waals surface area contributed by atoms with Crippen molar-refractivity contribution in [1.82, 2.24) is 14.5 Å². The highest BCUT2D eigenvalue weighted by molar-refractivity contribution is 6.76. The summed E-state index contributed by atoms with van der Waals surface area (Å²) in [6, 6.07) is 3.23. The van der Waals surface area contributed by atoms with Crippen molar-refractivity contribution in [3.05, 3.63) is 21.7 Å². The molecule has 0 saturated heterocycles. The maximum absolute atomic E-state index is 9.36. The van der Waals surface area contributed by atoms with Crippen LogP contribution in [0.1, 0.15) is 11.3 Å². The minimum absolute atomic E-state index is 0.0582. The van der Waals surface area contributed by atoms with Crippen molar-refractivity contribution in [2.45, 2.75) is 39.3 Å². The summed E-state index contributed by atoms with van der Waals surface area (Å²) in [6.07, 6.45) is 0. The van der Waals surface area contributed by atoms with Crippen LogP contribution in [0.5, 0.6) is 0 Å². The maximum atomic E-state index is 9.36. The second-order valence-electron chi connectivity index (χ2n) is 6.33. The molecule has 0 aliphatic heterocycles. The van der Waals surface area contributed by atoms with E-state index in [9.17, 15) is 5.26 Å². The van der Waals surface area contributed by atoms with Crippen LogP contribution in [0.15, 0.2) is 0 Å². The van der Waals surface area contributed by atoms with Crippen LogP contribution < -0.4 is 0 Å². The number of halogens is 2. The van der Waals surface area contributed by atoms with Gasteiger partial charge in [-0.3, -0.25) is 0 Å². The molecule has 0 fully saturated rings. The van der Waals surface area contributed by atoms with Crippen LogP contribution in [0, 0.1) is 18.3 Å². The minimum atomic E-state index is -1.14. The first-order chi connectivity index (χ1) is 10.2. The second-order valence-corrected chi connectivity index (χ2v) is 12.6. The molecule has 2 heterocycles. The molecule has 0 spiro atoms. The number of nitrogens with zero attached hydrogens (tertiary/aromatic N) is 4. The molecule has 0 bridgehead atoms. The predicted molar refractivity (Wildman–Crippen MR) is 91.1 cm³/mol. The summed E-state index contributed by atoms with van der Waals surface area (Å²) in [5.74, 6) is 0. The van der Waals surface area contributed by atoms with Gasteiger partial charge in [0, 0.05) is 20.4 Å². The lowest BCUT2D eigenvalue weighted by molar-refractivity contribution is 0.0886. The highest BCUT2D eigenvalue weighted by atomic mass is 35.5. The summed E-state index contributed by atoms with van der Waals surface area (Å²) in [5, 5.41) is 10.1. The zero-order chi connectivity index (χ0) is 16.5. The highest BCUT2D eigenvalue weighted by Gasteiger charge is 2.20. The molecule has 0 aromatic carbocycles. The molecular formula is C14H18Cl2N4OSi. The normalized spacial score (nSPS) is 11.9. The Balaban J connectivity index is 2.34. The van der Waals surface area contributed by atoms with Gasteiger partial charge in [0.25, 0.3) is 0 Å². The molecule has 2 rings (SSSR count). The van der Waals surface area contributed by atoms with Crippen molar-refractivity contribution >= 4 is 42.3 Å². The van der Waals surface area contributed by atoms with E-state index >= 15 is 0 Å². The number of fused-ring (bicyclic) bond motifs is 1. The number of rotatable bonds is 5. The Bertz CT molecular complexity index is 746. The molecule has 2 aromatic heterocycles. The Kier molecular flexibility index (Phi) is 5.13. The van der Waals surface area contributed by atoms with E-state index in [4.69, 9.17) is 27.9 Å². The number of hydrogen-bond donors (Lipinski definition) is 0. The summed E-state index contributed by atoms with van der Waals surface area (Å²) in [4.78, 5) is 8.12. The number of hydrogen-bond acceptors (Lipinski definition) is 4. The Morgan fingerprint density at radius 2 is 1.95 bits per heavy atom. The van der Waals surface area contributed by atoms with Gasteiger partial charge in [0.2, 0.25) is 5.28 Å². The maximum Gasteiger partial charge on any atom is 0.225 e. The van der Waals surface area contributed by atoms with Crippen LogP contribution in [0.4, 0.5) is 0 Å². The molecule has 2 aromatic rings. The smallest absolute Gasteiger partial charge is 0.225 e. The van der Waals surface area contributed by atoms with Gasteiger partial charge in [0.1, 0.15) is 23.6 Å². The Labute approximate surface area is 140 Å². The van der Waals surface area contributed by atoms with Crippen molar-refractivity contribution in [3.63, 3.8) is 0 Å². The first kappa shape index (κ1) is 17.2. The van der Waals surface area contributed by atoms with Crippen molar-refractivity contribution in [2.75, 3.05) is 6.61 Å². The van der Waals surface area contributed by atoms with Crippen LogP contribution in [0.25, 0.3) is 11.0 Å². The van der Waals surface area contributed by atoms with Gasteiger partial charge in [-0.1, -0.05) is 31.2 Å². The third-order valence-electron chi connectivity index (χ3n) is 3.42. The molecule has 0 amide bonds. The summed E-state index contributed by atoms with van der Waals surface area (Å²) >= 11 is 12.0. The van der Waals surface area contributed by atoms with Gasteiger partial charge in [-0.15, -0.1) is 0 Å². The molecule has 8 heteroatoms. The van der Waals surface area contributed by atoms with Crippen molar-refractivity contribution in [2.24, 2.45) is 0 Å². The number of nitriles is 1. The molecule has 0 aliphatic rings. The van der Waals surface area contributed by atoms with Gasteiger partial charge < -0.3 is 9.30 Å². The molecule has 0 aliphatic carbocycles. The van der Waals surface area contributed by atoms with Crippen molar-refractivity contribution in [3.8, 4) is 6.07 Å². The van der Waals surface area contributed by atoms with E-state index < -0.39 is 8.07 Å². The fraction of sp³-hybridized carbons (Fsp3) is 0.500. The van der Waals surface area contributed by atoms with Crippen molar-refractivity contribution < 1.29 is 4.74 Å². The van der Waals surface area contributed by atoms with E-state index in [2.05, 4.69) is 35.7 Å².